The van der Waals surface area contributed by atoms with E-state index in [0.717, 1.165) is 34.0 Å². The molecule has 0 unspecified atom stereocenters. The first-order chi connectivity index (χ1) is 8.67. The summed E-state index contributed by atoms with van der Waals surface area (Å²) >= 11 is 0. The van der Waals surface area contributed by atoms with Gasteiger partial charge in [-0.05, 0) is 24.3 Å². The predicted octanol–water partition coefficient (Wildman–Crippen LogP) is 2.49. The summed E-state index contributed by atoms with van der Waals surface area (Å²) in [5, 5.41) is 1.10. The Labute approximate surface area is 104 Å². The molecule has 2 aromatic heterocycles. The highest BCUT2D eigenvalue weighted by Crippen LogP contribution is 2.32. The number of nitrogens with zero attached hydrogens (tertiary/aromatic N) is 2. The van der Waals surface area contributed by atoms with E-state index in [1.807, 2.05) is 42.9 Å². The van der Waals surface area contributed by atoms with Gasteiger partial charge in [0.1, 0.15) is 5.75 Å². The van der Waals surface area contributed by atoms with Gasteiger partial charge in [-0.15, -0.1) is 0 Å². The lowest BCUT2D eigenvalue weighted by Gasteiger charge is -2.02. The molecule has 0 spiro atoms. The Morgan fingerprint density at radius 2 is 1.89 bits per heavy atom. The molecule has 0 radical (unpaired) electrons. The summed E-state index contributed by atoms with van der Waals surface area (Å²) in [5.74, 6) is 0.823. The first-order valence-electron chi connectivity index (χ1n) is 5.74. The monoisotopic (exact) mass is 242 g/mol. The fraction of sp³-hybridized carbons (Fsp3) is 0.214. The summed E-state index contributed by atoms with van der Waals surface area (Å²) in [6.07, 6.45) is 0.881. The van der Waals surface area contributed by atoms with Crippen LogP contribution in [0, 0.1) is 0 Å². The van der Waals surface area contributed by atoms with Crippen molar-refractivity contribution in [2.24, 2.45) is 14.1 Å². The molecule has 0 bridgehead atoms. The molecule has 4 nitrogen and oxygen atoms in total. The van der Waals surface area contributed by atoms with Crippen LogP contribution in [0.25, 0.3) is 21.9 Å². The van der Waals surface area contributed by atoms with Crippen LogP contribution in [0.4, 0.5) is 0 Å². The highest BCUT2D eigenvalue weighted by molar-refractivity contribution is 6.08. The number of carbonyl (C=O) groups is 1. The van der Waals surface area contributed by atoms with E-state index in [0.29, 0.717) is 5.69 Å². The second-order valence-corrected chi connectivity index (χ2v) is 4.42. The van der Waals surface area contributed by atoms with E-state index >= 15 is 0 Å². The number of aromatic nitrogens is 2. The van der Waals surface area contributed by atoms with Gasteiger partial charge in [0.2, 0.25) is 0 Å². The Hall–Kier alpha value is -2.23. The summed E-state index contributed by atoms with van der Waals surface area (Å²) in [6, 6.07) is 7.90. The molecule has 0 aliphatic heterocycles. The second kappa shape index (κ2) is 3.63. The number of rotatable bonds is 2. The molecule has 0 aliphatic carbocycles. The van der Waals surface area contributed by atoms with Gasteiger partial charge in [0.05, 0.1) is 29.4 Å². The number of carbonyl (C=O) groups excluding carboxylic acids is 1. The Morgan fingerprint density at radius 1 is 1.11 bits per heavy atom. The maximum atomic E-state index is 11.0. The van der Waals surface area contributed by atoms with E-state index in [1.54, 1.807) is 7.11 Å². The van der Waals surface area contributed by atoms with Crippen LogP contribution in [0.2, 0.25) is 0 Å². The Balaban J connectivity index is 2.52. The SMILES string of the molecule is COc1ccc2c(c1)c1c(cc(C=O)n1C)n2C. The van der Waals surface area contributed by atoms with Crippen LogP contribution in [-0.2, 0) is 14.1 Å². The average molecular weight is 242 g/mol. The lowest BCUT2D eigenvalue weighted by atomic mass is 10.2. The van der Waals surface area contributed by atoms with Gasteiger partial charge in [0, 0.05) is 19.5 Å². The standard InChI is InChI=1S/C14H14N2O2/c1-15-9(8-17)6-13-14(15)11-7-10(18-3)4-5-12(11)16(13)2/h4-8H,1-3H3. The van der Waals surface area contributed by atoms with Gasteiger partial charge in [0.15, 0.2) is 6.29 Å². The summed E-state index contributed by atoms with van der Waals surface area (Å²) in [7, 11) is 5.57. The second-order valence-electron chi connectivity index (χ2n) is 4.42. The Kier molecular flexibility index (Phi) is 2.20. The minimum absolute atomic E-state index is 0.681. The lowest BCUT2D eigenvalue weighted by Crippen LogP contribution is -1.93. The number of methoxy groups -OCH3 is 1. The molecule has 0 amide bonds. The summed E-state index contributed by atoms with van der Waals surface area (Å²) in [5.41, 5.74) is 3.94. The molecule has 4 heteroatoms. The van der Waals surface area contributed by atoms with E-state index in [1.165, 1.54) is 0 Å². The van der Waals surface area contributed by atoms with Crippen molar-refractivity contribution in [1.82, 2.24) is 9.13 Å². The quantitative estimate of drug-likeness (QED) is 0.647. The van der Waals surface area contributed by atoms with Crippen molar-refractivity contribution in [3.63, 3.8) is 0 Å². The summed E-state index contributed by atoms with van der Waals surface area (Å²) in [6.45, 7) is 0. The van der Waals surface area contributed by atoms with Crippen molar-refractivity contribution in [3.8, 4) is 5.75 Å². The molecule has 0 atom stereocenters. The smallest absolute Gasteiger partial charge is 0.166 e. The number of hydrogen-bond acceptors (Lipinski definition) is 2. The molecule has 0 saturated heterocycles. The molecular formula is C14H14N2O2. The van der Waals surface area contributed by atoms with Crippen LogP contribution < -0.4 is 4.74 Å². The predicted molar refractivity (Wildman–Crippen MR) is 71.3 cm³/mol. The lowest BCUT2D eigenvalue weighted by molar-refractivity contribution is 0.111. The molecule has 2 heterocycles. The van der Waals surface area contributed by atoms with E-state index in [4.69, 9.17) is 4.74 Å². The number of hydrogen-bond donors (Lipinski definition) is 0. The Bertz CT molecular complexity index is 765. The van der Waals surface area contributed by atoms with Crippen molar-refractivity contribution >= 4 is 28.2 Å². The molecule has 0 saturated carbocycles. The Morgan fingerprint density at radius 3 is 2.56 bits per heavy atom. The number of aldehydes is 1. The van der Waals surface area contributed by atoms with E-state index in [9.17, 15) is 4.79 Å². The summed E-state index contributed by atoms with van der Waals surface area (Å²) in [4.78, 5) is 11.0. The van der Waals surface area contributed by atoms with Gasteiger partial charge in [-0.1, -0.05) is 0 Å². The van der Waals surface area contributed by atoms with E-state index in [-0.39, 0.29) is 0 Å². The minimum Gasteiger partial charge on any atom is -0.497 e. The molecular weight excluding hydrogens is 228 g/mol. The van der Waals surface area contributed by atoms with Crippen molar-refractivity contribution in [1.29, 1.82) is 0 Å². The molecule has 1 aromatic carbocycles. The number of aryl methyl sites for hydroxylation is 2. The maximum absolute atomic E-state index is 11.0. The first kappa shape index (κ1) is 10.9. The fourth-order valence-corrected chi connectivity index (χ4v) is 2.55. The molecule has 0 N–H and O–H groups in total. The van der Waals surface area contributed by atoms with Crippen molar-refractivity contribution in [3.05, 3.63) is 30.0 Å². The van der Waals surface area contributed by atoms with Crippen molar-refractivity contribution in [2.45, 2.75) is 0 Å². The number of benzene rings is 1. The largest absolute Gasteiger partial charge is 0.497 e. The first-order valence-corrected chi connectivity index (χ1v) is 5.74. The molecule has 0 aliphatic rings. The zero-order valence-corrected chi connectivity index (χ0v) is 10.6. The molecule has 3 aromatic rings. The molecule has 18 heavy (non-hydrogen) atoms. The van der Waals surface area contributed by atoms with Gasteiger partial charge in [-0.3, -0.25) is 4.79 Å². The van der Waals surface area contributed by atoms with Crippen LogP contribution in [0.1, 0.15) is 10.5 Å². The molecule has 92 valence electrons. The maximum Gasteiger partial charge on any atom is 0.166 e. The van der Waals surface area contributed by atoms with Gasteiger partial charge >= 0.3 is 0 Å². The van der Waals surface area contributed by atoms with Gasteiger partial charge in [-0.2, -0.15) is 0 Å². The highest BCUT2D eigenvalue weighted by atomic mass is 16.5. The van der Waals surface area contributed by atoms with Crippen molar-refractivity contribution in [2.75, 3.05) is 7.11 Å². The minimum atomic E-state index is 0.681. The zero-order chi connectivity index (χ0) is 12.9. The topological polar surface area (TPSA) is 36.2 Å². The normalized spacial score (nSPS) is 11.3. The molecule has 0 fully saturated rings. The number of ether oxygens (including phenoxy) is 1. The third-order valence-electron chi connectivity index (χ3n) is 3.55. The average Bonchev–Trinajstić information content (AvgIpc) is 2.86. The molecule has 3 rings (SSSR count). The van der Waals surface area contributed by atoms with Crippen LogP contribution >= 0.6 is 0 Å². The van der Waals surface area contributed by atoms with Crippen LogP contribution in [0.3, 0.4) is 0 Å². The van der Waals surface area contributed by atoms with Crippen LogP contribution in [0.15, 0.2) is 24.3 Å². The van der Waals surface area contributed by atoms with Crippen LogP contribution in [0.5, 0.6) is 5.75 Å². The van der Waals surface area contributed by atoms with Gasteiger partial charge in [-0.25, -0.2) is 0 Å². The van der Waals surface area contributed by atoms with E-state index < -0.39 is 0 Å². The summed E-state index contributed by atoms with van der Waals surface area (Å²) < 4.78 is 9.28. The van der Waals surface area contributed by atoms with Gasteiger partial charge in [0.25, 0.3) is 0 Å². The van der Waals surface area contributed by atoms with Gasteiger partial charge < -0.3 is 13.9 Å². The zero-order valence-electron chi connectivity index (χ0n) is 10.6. The number of fused-ring (bicyclic) bond motifs is 3. The van der Waals surface area contributed by atoms with Crippen molar-refractivity contribution < 1.29 is 9.53 Å². The fourth-order valence-electron chi connectivity index (χ4n) is 2.55. The third kappa shape index (κ3) is 1.23. The van der Waals surface area contributed by atoms with E-state index in [2.05, 4.69) is 4.57 Å². The van der Waals surface area contributed by atoms with Crippen LogP contribution in [-0.4, -0.2) is 22.5 Å². The highest BCUT2D eigenvalue weighted by Gasteiger charge is 2.14. The third-order valence-corrected chi connectivity index (χ3v) is 3.55.